The van der Waals surface area contributed by atoms with Gasteiger partial charge in [-0.2, -0.15) is 15.0 Å². The molecule has 134 valence electrons. The molecule has 0 unspecified atom stereocenters. The molecule has 5 nitrogen and oxygen atoms in total. The summed E-state index contributed by atoms with van der Waals surface area (Å²) in [6.45, 7) is 8.64. The van der Waals surface area contributed by atoms with Crippen LogP contribution < -0.4 is 10.6 Å². The third-order valence-electron chi connectivity index (χ3n) is 4.06. The van der Waals surface area contributed by atoms with Crippen molar-refractivity contribution in [2.45, 2.75) is 34.2 Å². The van der Waals surface area contributed by atoms with Gasteiger partial charge >= 0.3 is 0 Å². The van der Waals surface area contributed by atoms with Crippen LogP contribution >= 0.6 is 11.6 Å². The molecule has 1 heterocycles. The molecular formula is C20H22ClN5. The maximum atomic E-state index is 6.20. The minimum absolute atomic E-state index is 0.516. The highest BCUT2D eigenvalue weighted by molar-refractivity contribution is 6.31. The number of aromatic nitrogens is 3. The standard InChI is InChI=1S/C20H22ClN5/c1-12-9-13(2)18(14(3)10-12)25-20-24-15(4)23-19(26-20)22-11-16-7-5-6-8-17(16)21/h5-10H,11H2,1-4H3,(H2,22,23,24,25,26). The molecule has 0 spiro atoms. The van der Waals surface area contributed by atoms with Gasteiger partial charge in [0.1, 0.15) is 5.82 Å². The molecule has 0 aliphatic heterocycles. The van der Waals surface area contributed by atoms with E-state index < -0.39 is 0 Å². The number of nitrogens with zero attached hydrogens (tertiary/aromatic N) is 3. The fourth-order valence-electron chi connectivity index (χ4n) is 2.92. The van der Waals surface area contributed by atoms with Crippen molar-refractivity contribution in [1.82, 2.24) is 15.0 Å². The van der Waals surface area contributed by atoms with Crippen LogP contribution in [-0.4, -0.2) is 15.0 Å². The second-order valence-corrected chi connectivity index (χ2v) is 6.78. The predicted octanol–water partition coefficient (Wildman–Crippen LogP) is 5.11. The molecule has 2 aromatic carbocycles. The molecule has 3 aromatic rings. The summed E-state index contributed by atoms with van der Waals surface area (Å²) in [6, 6.07) is 12.0. The molecule has 0 amide bonds. The highest BCUT2D eigenvalue weighted by Gasteiger charge is 2.09. The average Bonchev–Trinajstić information content (AvgIpc) is 2.57. The first kappa shape index (κ1) is 18.1. The number of anilines is 3. The van der Waals surface area contributed by atoms with E-state index in [-0.39, 0.29) is 0 Å². The molecule has 0 radical (unpaired) electrons. The summed E-state index contributed by atoms with van der Waals surface area (Å²) in [5.74, 6) is 1.68. The van der Waals surface area contributed by atoms with E-state index in [4.69, 9.17) is 11.6 Å². The first-order valence-corrected chi connectivity index (χ1v) is 8.85. The van der Waals surface area contributed by atoms with Crippen molar-refractivity contribution in [1.29, 1.82) is 0 Å². The molecule has 0 bridgehead atoms. The van der Waals surface area contributed by atoms with Crippen LogP contribution in [0.4, 0.5) is 17.6 Å². The van der Waals surface area contributed by atoms with Crippen molar-refractivity contribution in [3.63, 3.8) is 0 Å². The zero-order valence-electron chi connectivity index (χ0n) is 15.4. The van der Waals surface area contributed by atoms with Crippen molar-refractivity contribution >= 4 is 29.2 Å². The molecule has 0 saturated carbocycles. The zero-order valence-corrected chi connectivity index (χ0v) is 16.1. The fraction of sp³-hybridized carbons (Fsp3) is 0.250. The zero-order chi connectivity index (χ0) is 18.7. The number of hydrogen-bond acceptors (Lipinski definition) is 5. The van der Waals surface area contributed by atoms with E-state index in [1.165, 1.54) is 5.56 Å². The minimum atomic E-state index is 0.516. The number of rotatable bonds is 5. The Morgan fingerprint density at radius 1 is 0.885 bits per heavy atom. The molecule has 6 heteroatoms. The third-order valence-corrected chi connectivity index (χ3v) is 4.42. The number of benzene rings is 2. The lowest BCUT2D eigenvalue weighted by Crippen LogP contribution is -2.09. The van der Waals surface area contributed by atoms with Crippen LogP contribution in [0.25, 0.3) is 0 Å². The van der Waals surface area contributed by atoms with Gasteiger partial charge in [-0.25, -0.2) is 0 Å². The molecule has 0 saturated heterocycles. The Labute approximate surface area is 158 Å². The van der Waals surface area contributed by atoms with Crippen LogP contribution in [0.15, 0.2) is 36.4 Å². The van der Waals surface area contributed by atoms with Crippen LogP contribution in [-0.2, 0) is 6.54 Å². The summed E-state index contributed by atoms with van der Waals surface area (Å²) in [7, 11) is 0. The number of aryl methyl sites for hydroxylation is 4. The van der Waals surface area contributed by atoms with E-state index in [1.807, 2.05) is 31.2 Å². The van der Waals surface area contributed by atoms with E-state index in [1.54, 1.807) is 0 Å². The van der Waals surface area contributed by atoms with Gasteiger partial charge in [0.25, 0.3) is 0 Å². The molecule has 2 N–H and O–H groups in total. The van der Waals surface area contributed by atoms with Crippen LogP contribution in [0.5, 0.6) is 0 Å². The molecule has 0 atom stereocenters. The Bertz CT molecular complexity index is 916. The van der Waals surface area contributed by atoms with Gasteiger partial charge in [-0.1, -0.05) is 47.5 Å². The Hall–Kier alpha value is -2.66. The molecule has 0 fully saturated rings. The SMILES string of the molecule is Cc1cc(C)c(Nc2nc(C)nc(NCc3ccccc3Cl)n2)c(C)c1. The summed E-state index contributed by atoms with van der Waals surface area (Å²) in [4.78, 5) is 13.3. The lowest BCUT2D eigenvalue weighted by molar-refractivity contribution is 0.958. The largest absolute Gasteiger partial charge is 0.350 e. The molecular weight excluding hydrogens is 346 g/mol. The summed E-state index contributed by atoms with van der Waals surface area (Å²) in [6.07, 6.45) is 0. The van der Waals surface area contributed by atoms with Crippen molar-refractivity contribution in [3.05, 3.63) is 69.5 Å². The lowest BCUT2D eigenvalue weighted by Gasteiger charge is -2.14. The van der Waals surface area contributed by atoms with Crippen molar-refractivity contribution in [2.75, 3.05) is 10.6 Å². The molecule has 0 aliphatic carbocycles. The maximum absolute atomic E-state index is 6.20. The Morgan fingerprint density at radius 3 is 2.23 bits per heavy atom. The van der Waals surface area contributed by atoms with Gasteiger partial charge < -0.3 is 10.6 Å². The summed E-state index contributed by atoms with van der Waals surface area (Å²) in [5, 5.41) is 7.27. The summed E-state index contributed by atoms with van der Waals surface area (Å²) >= 11 is 6.20. The monoisotopic (exact) mass is 367 g/mol. The smallest absolute Gasteiger partial charge is 0.232 e. The molecule has 1 aromatic heterocycles. The lowest BCUT2D eigenvalue weighted by atomic mass is 10.1. The van der Waals surface area contributed by atoms with Crippen LogP contribution in [0.3, 0.4) is 0 Å². The van der Waals surface area contributed by atoms with E-state index in [9.17, 15) is 0 Å². The predicted molar refractivity (Wildman–Crippen MR) is 107 cm³/mol. The first-order valence-electron chi connectivity index (χ1n) is 8.47. The van der Waals surface area contributed by atoms with Gasteiger partial charge in [0, 0.05) is 17.3 Å². The van der Waals surface area contributed by atoms with Crippen LogP contribution in [0, 0.1) is 27.7 Å². The number of hydrogen-bond donors (Lipinski definition) is 2. The Balaban J connectivity index is 1.81. The van der Waals surface area contributed by atoms with E-state index in [2.05, 4.69) is 58.5 Å². The summed E-state index contributed by atoms with van der Waals surface area (Å²) in [5.41, 5.74) is 5.57. The number of nitrogens with one attached hydrogen (secondary N) is 2. The van der Waals surface area contributed by atoms with Gasteiger partial charge in [-0.05, 0) is 50.5 Å². The van der Waals surface area contributed by atoms with Gasteiger partial charge in [-0.15, -0.1) is 0 Å². The second-order valence-electron chi connectivity index (χ2n) is 6.37. The van der Waals surface area contributed by atoms with Gasteiger partial charge in [-0.3, -0.25) is 0 Å². The van der Waals surface area contributed by atoms with E-state index in [0.29, 0.717) is 24.3 Å². The highest BCUT2D eigenvalue weighted by atomic mass is 35.5. The van der Waals surface area contributed by atoms with Gasteiger partial charge in [0.15, 0.2) is 0 Å². The van der Waals surface area contributed by atoms with Gasteiger partial charge in [0.05, 0.1) is 0 Å². The minimum Gasteiger partial charge on any atom is -0.350 e. The Kier molecular flexibility index (Phi) is 5.38. The van der Waals surface area contributed by atoms with Gasteiger partial charge in [0.2, 0.25) is 11.9 Å². The molecule has 3 rings (SSSR count). The van der Waals surface area contributed by atoms with E-state index >= 15 is 0 Å². The third kappa shape index (κ3) is 4.29. The van der Waals surface area contributed by atoms with Crippen LogP contribution in [0.2, 0.25) is 5.02 Å². The summed E-state index contributed by atoms with van der Waals surface area (Å²) < 4.78 is 0. The molecule has 0 aliphatic rings. The first-order chi connectivity index (χ1) is 12.4. The van der Waals surface area contributed by atoms with E-state index in [0.717, 1.165) is 27.4 Å². The number of halogens is 1. The average molecular weight is 368 g/mol. The van der Waals surface area contributed by atoms with Crippen molar-refractivity contribution in [3.8, 4) is 0 Å². The van der Waals surface area contributed by atoms with Crippen molar-refractivity contribution in [2.24, 2.45) is 0 Å². The fourth-order valence-corrected chi connectivity index (χ4v) is 3.12. The van der Waals surface area contributed by atoms with Crippen molar-refractivity contribution < 1.29 is 0 Å². The highest BCUT2D eigenvalue weighted by Crippen LogP contribution is 2.25. The molecule has 26 heavy (non-hydrogen) atoms. The second kappa shape index (κ2) is 7.70. The Morgan fingerprint density at radius 2 is 1.54 bits per heavy atom. The maximum Gasteiger partial charge on any atom is 0.232 e. The normalized spacial score (nSPS) is 10.7. The quantitative estimate of drug-likeness (QED) is 0.655. The topological polar surface area (TPSA) is 62.7 Å². The van der Waals surface area contributed by atoms with Crippen LogP contribution in [0.1, 0.15) is 28.1 Å².